The minimum atomic E-state index is -0.688. The van der Waals surface area contributed by atoms with E-state index in [9.17, 15) is 14.4 Å². The number of carbonyl (C=O) groups excluding carboxylic acids is 3. The van der Waals surface area contributed by atoms with Crippen molar-refractivity contribution in [2.45, 2.75) is 90.6 Å². The first-order chi connectivity index (χ1) is 12.3. The number of nitrogens with one attached hydrogen (secondary N) is 1. The molecule has 0 aromatic rings. The average Bonchev–Trinajstić information content (AvgIpc) is 3.00. The van der Waals surface area contributed by atoms with Crippen molar-refractivity contribution in [1.82, 2.24) is 10.2 Å². The zero-order valence-corrected chi connectivity index (χ0v) is 17.3. The van der Waals surface area contributed by atoms with Gasteiger partial charge in [-0.2, -0.15) is 0 Å². The minimum absolute atomic E-state index is 0.0819. The zero-order valence-electron chi connectivity index (χ0n) is 17.3. The molecule has 1 aliphatic heterocycles. The van der Waals surface area contributed by atoms with Gasteiger partial charge in [0.15, 0.2) is 0 Å². The molecule has 8 nitrogen and oxygen atoms in total. The molecule has 0 unspecified atom stereocenters. The fourth-order valence-electron chi connectivity index (χ4n) is 3.76. The molecule has 0 aromatic heterocycles. The summed E-state index contributed by atoms with van der Waals surface area (Å²) in [5.41, 5.74) is -1.30. The van der Waals surface area contributed by atoms with Gasteiger partial charge in [0.1, 0.15) is 17.2 Å². The summed E-state index contributed by atoms with van der Waals surface area (Å²) in [7, 11) is 0. The van der Waals surface area contributed by atoms with Crippen molar-refractivity contribution in [2.24, 2.45) is 5.92 Å². The number of hydrogen-bond acceptors (Lipinski definition) is 6. The average molecular weight is 384 g/mol. The Morgan fingerprint density at radius 3 is 2.11 bits per heavy atom. The third-order valence-corrected chi connectivity index (χ3v) is 4.50. The molecule has 2 rings (SSSR count). The van der Waals surface area contributed by atoms with Gasteiger partial charge in [0.25, 0.3) is 0 Å². The van der Waals surface area contributed by atoms with Crippen LogP contribution in [0.4, 0.5) is 9.59 Å². The van der Waals surface area contributed by atoms with Gasteiger partial charge in [0.05, 0.1) is 18.7 Å². The highest BCUT2D eigenvalue weighted by molar-refractivity contribution is 5.83. The van der Waals surface area contributed by atoms with Crippen molar-refractivity contribution in [3.05, 3.63) is 0 Å². The van der Waals surface area contributed by atoms with E-state index in [-0.39, 0.29) is 24.6 Å². The highest BCUT2D eigenvalue weighted by Crippen LogP contribution is 2.44. The number of carbonyl (C=O) groups is 3. The summed E-state index contributed by atoms with van der Waals surface area (Å²) in [6, 6.07) is -1.30. The molecule has 1 saturated carbocycles. The van der Waals surface area contributed by atoms with Crippen LogP contribution in [0.25, 0.3) is 0 Å². The van der Waals surface area contributed by atoms with Gasteiger partial charge in [-0.1, -0.05) is 0 Å². The van der Waals surface area contributed by atoms with E-state index in [0.29, 0.717) is 12.8 Å². The maximum absolute atomic E-state index is 12.8. The van der Waals surface area contributed by atoms with Crippen LogP contribution in [0.2, 0.25) is 0 Å². The Labute approximate surface area is 160 Å². The Morgan fingerprint density at radius 2 is 1.59 bits per heavy atom. The first-order valence-corrected chi connectivity index (χ1v) is 9.50. The van der Waals surface area contributed by atoms with Gasteiger partial charge in [-0.05, 0) is 67.2 Å². The van der Waals surface area contributed by atoms with Crippen LogP contribution in [0.3, 0.4) is 0 Å². The van der Waals surface area contributed by atoms with E-state index in [1.165, 1.54) is 4.90 Å². The van der Waals surface area contributed by atoms with E-state index in [2.05, 4.69) is 5.32 Å². The lowest BCUT2D eigenvalue weighted by Crippen LogP contribution is -2.59. The zero-order chi connectivity index (χ0) is 20.6. The van der Waals surface area contributed by atoms with E-state index in [1.807, 2.05) is 0 Å². The number of alkyl carbamates (subject to hydrolysis) is 1. The summed E-state index contributed by atoms with van der Waals surface area (Å²) in [4.78, 5) is 38.8. The molecule has 0 radical (unpaired) electrons. The van der Waals surface area contributed by atoms with Crippen molar-refractivity contribution in [3.63, 3.8) is 0 Å². The molecule has 1 heterocycles. The Morgan fingerprint density at radius 1 is 1.00 bits per heavy atom. The van der Waals surface area contributed by atoms with Gasteiger partial charge >= 0.3 is 18.2 Å². The molecule has 0 spiro atoms. The summed E-state index contributed by atoms with van der Waals surface area (Å²) in [6.45, 7) is 12.7. The van der Waals surface area contributed by atoms with Crippen molar-refractivity contribution < 1.29 is 28.6 Å². The molecule has 8 heteroatoms. The minimum Gasteiger partial charge on any atom is -0.464 e. The Kier molecular flexibility index (Phi) is 5.97. The Hall–Kier alpha value is -1.99. The fraction of sp³-hybridized carbons (Fsp3) is 0.842. The number of fused-ring (bicyclic) bond motifs is 2. The molecule has 1 saturated heterocycles. The Balaban J connectivity index is 2.16. The van der Waals surface area contributed by atoms with Crippen LogP contribution in [0.15, 0.2) is 0 Å². The lowest BCUT2D eigenvalue weighted by Gasteiger charge is -2.39. The van der Waals surface area contributed by atoms with Gasteiger partial charge in [-0.15, -0.1) is 0 Å². The second-order valence-electron chi connectivity index (χ2n) is 9.14. The molecule has 2 bridgehead atoms. The van der Waals surface area contributed by atoms with Gasteiger partial charge in [-0.3, -0.25) is 4.90 Å². The van der Waals surface area contributed by atoms with Crippen LogP contribution in [0.5, 0.6) is 0 Å². The first-order valence-electron chi connectivity index (χ1n) is 9.50. The molecule has 0 aromatic carbocycles. The summed E-state index contributed by atoms with van der Waals surface area (Å²) < 4.78 is 16.0. The molecule has 1 N–H and O–H groups in total. The molecule has 4 atom stereocenters. The van der Waals surface area contributed by atoms with Crippen LogP contribution >= 0.6 is 0 Å². The van der Waals surface area contributed by atoms with Gasteiger partial charge in [0, 0.05) is 0 Å². The van der Waals surface area contributed by atoms with Crippen LogP contribution in [-0.2, 0) is 19.0 Å². The summed E-state index contributed by atoms with van der Waals surface area (Å²) >= 11 is 0. The van der Waals surface area contributed by atoms with Crippen LogP contribution in [0, 0.1) is 5.92 Å². The predicted molar refractivity (Wildman–Crippen MR) is 98.2 cm³/mol. The van der Waals surface area contributed by atoms with Gasteiger partial charge in [0.2, 0.25) is 0 Å². The highest BCUT2D eigenvalue weighted by atomic mass is 16.6. The standard InChI is InChI=1S/C19H32N2O6/c1-8-25-15(22)14-11-9-12(20-16(23)26-18(2,3)4)13(10-11)21(14)17(24)27-19(5,6)7/h11-14H,8-10H2,1-7H3,(H,20,23)/t11-,12+,13-,14-/m0/s1. The largest absolute Gasteiger partial charge is 0.464 e. The predicted octanol–water partition coefficient (Wildman–Crippen LogP) is 2.84. The Bertz CT molecular complexity index is 590. The number of likely N-dealkylation sites (tertiary alicyclic amines) is 1. The number of nitrogens with zero attached hydrogens (tertiary/aromatic N) is 1. The molecule has 2 fully saturated rings. The quantitative estimate of drug-likeness (QED) is 0.594. The van der Waals surface area contributed by atoms with Crippen LogP contribution < -0.4 is 5.32 Å². The summed E-state index contributed by atoms with van der Waals surface area (Å²) in [5.74, 6) is -0.506. The van der Waals surface area contributed by atoms with Gasteiger partial charge in [-0.25, -0.2) is 14.4 Å². The third kappa shape index (κ3) is 5.26. The SMILES string of the molecule is CCOC(=O)[C@@H]1[C@H]2C[C@@H](NC(=O)OC(C)(C)C)[C@H](C2)N1C(=O)OC(C)(C)C. The molecule has 2 aliphatic rings. The maximum atomic E-state index is 12.8. The maximum Gasteiger partial charge on any atom is 0.411 e. The van der Waals surface area contributed by atoms with Crippen molar-refractivity contribution in [1.29, 1.82) is 0 Å². The molecule has 2 amide bonds. The van der Waals surface area contributed by atoms with Crippen molar-refractivity contribution >= 4 is 18.2 Å². The number of esters is 1. The highest BCUT2D eigenvalue weighted by Gasteiger charge is 2.57. The van der Waals surface area contributed by atoms with Crippen molar-refractivity contribution in [3.8, 4) is 0 Å². The van der Waals surface area contributed by atoms with Crippen LogP contribution in [0.1, 0.15) is 61.3 Å². The number of amides is 2. The fourth-order valence-corrected chi connectivity index (χ4v) is 3.76. The molecular weight excluding hydrogens is 352 g/mol. The third-order valence-electron chi connectivity index (χ3n) is 4.50. The summed E-state index contributed by atoms with van der Waals surface area (Å²) in [5, 5.41) is 2.84. The van der Waals surface area contributed by atoms with E-state index in [0.717, 1.165) is 0 Å². The second-order valence-corrected chi connectivity index (χ2v) is 9.14. The summed E-state index contributed by atoms with van der Waals surface area (Å²) in [6.07, 6.45) is 0.108. The van der Waals surface area contributed by atoms with Crippen LogP contribution in [-0.4, -0.2) is 59.0 Å². The molecule has 154 valence electrons. The van der Waals surface area contributed by atoms with E-state index in [4.69, 9.17) is 14.2 Å². The molecule has 27 heavy (non-hydrogen) atoms. The normalized spacial score (nSPS) is 27.3. The van der Waals surface area contributed by atoms with Gasteiger partial charge < -0.3 is 19.5 Å². The number of piperidine rings is 1. The van der Waals surface area contributed by atoms with E-state index in [1.54, 1.807) is 48.5 Å². The van der Waals surface area contributed by atoms with Crippen molar-refractivity contribution in [2.75, 3.05) is 6.61 Å². The van der Waals surface area contributed by atoms with E-state index < -0.39 is 35.4 Å². The lowest BCUT2D eigenvalue weighted by atomic mass is 9.97. The monoisotopic (exact) mass is 384 g/mol. The smallest absolute Gasteiger partial charge is 0.411 e. The van der Waals surface area contributed by atoms with E-state index >= 15 is 0 Å². The molecule has 1 aliphatic carbocycles. The first kappa shape index (κ1) is 21.3. The lowest BCUT2D eigenvalue weighted by molar-refractivity contribution is -0.151. The number of rotatable bonds is 3. The molecular formula is C19H32N2O6. The topological polar surface area (TPSA) is 94.2 Å². The number of ether oxygens (including phenoxy) is 3. The second kappa shape index (κ2) is 7.56. The number of hydrogen-bond donors (Lipinski definition) is 1.